The molecule has 0 aromatic rings. The minimum atomic E-state index is -0.0119. The zero-order chi connectivity index (χ0) is 36.4. The van der Waals surface area contributed by atoms with Gasteiger partial charge in [-0.25, -0.2) is 0 Å². The molecule has 0 heterocycles. The first-order valence-corrected chi connectivity index (χ1v) is 21.7. The molecule has 0 saturated heterocycles. The second-order valence-corrected chi connectivity index (χ2v) is 19.9. The summed E-state index contributed by atoms with van der Waals surface area (Å²) in [5.41, 5.74) is 2.26. The number of carbonyl (C=O) groups excluding carboxylic acids is 2. The van der Waals surface area contributed by atoms with Crippen molar-refractivity contribution in [3.63, 3.8) is 0 Å². The molecular formula is C46H78O4. The van der Waals surface area contributed by atoms with E-state index < -0.39 is 0 Å². The molecule has 0 bridgehead atoms. The van der Waals surface area contributed by atoms with Crippen molar-refractivity contribution in [3.8, 4) is 0 Å². The molecule has 5 aliphatic rings. The van der Waals surface area contributed by atoms with Crippen LogP contribution in [0.4, 0.5) is 0 Å². The third kappa shape index (κ3) is 7.28. The van der Waals surface area contributed by atoms with Gasteiger partial charge in [0.15, 0.2) is 0 Å². The van der Waals surface area contributed by atoms with Gasteiger partial charge in [-0.15, -0.1) is 0 Å². The molecule has 0 aromatic heterocycles. The number of ether oxygens (including phenoxy) is 2. The van der Waals surface area contributed by atoms with Crippen molar-refractivity contribution >= 4 is 11.9 Å². The first kappa shape index (κ1) is 39.9. The minimum absolute atomic E-state index is 0.0119. The molecular weight excluding hydrogens is 617 g/mol. The van der Waals surface area contributed by atoms with Crippen molar-refractivity contribution < 1.29 is 19.1 Å². The lowest BCUT2D eigenvalue weighted by Crippen LogP contribution is -2.67. The van der Waals surface area contributed by atoms with Gasteiger partial charge in [-0.1, -0.05) is 112 Å². The Balaban J connectivity index is 1.30. The summed E-state index contributed by atoms with van der Waals surface area (Å²) in [6, 6.07) is 0. The van der Waals surface area contributed by atoms with E-state index in [1.54, 1.807) is 0 Å². The summed E-state index contributed by atoms with van der Waals surface area (Å²) in [6.07, 6.45) is 24.9. The van der Waals surface area contributed by atoms with Crippen LogP contribution in [0.15, 0.2) is 12.2 Å². The number of allylic oxidation sites excluding steroid dienone is 1. The standard InChI is InChI=1S/C46H78O4/c1-10-12-14-16-18-20-39(47)49-32-46-29-24-34(33(3)4)41(46)35-22-23-37-43(7)27-26-38(50-40(48)21-19-17-15-13-11-2)42(5,6)36(43)25-28-45(37,9)44(35,8)30-31-46/h34-38,41H,3,10-32H2,1-2,4-9H3/t34-,35+,36-,37+,38-,41+,43-,44+,45+,46+/m0/s1. The maximum atomic E-state index is 13.1. The van der Waals surface area contributed by atoms with Gasteiger partial charge < -0.3 is 9.47 Å². The fourth-order valence-corrected chi connectivity index (χ4v) is 14.0. The smallest absolute Gasteiger partial charge is 0.306 e. The van der Waals surface area contributed by atoms with E-state index in [2.05, 4.69) is 62.0 Å². The molecule has 50 heavy (non-hydrogen) atoms. The zero-order valence-corrected chi connectivity index (χ0v) is 34.1. The number of esters is 2. The second-order valence-electron chi connectivity index (χ2n) is 19.9. The van der Waals surface area contributed by atoms with E-state index in [9.17, 15) is 9.59 Å². The Bertz CT molecular complexity index is 1190. The van der Waals surface area contributed by atoms with Crippen LogP contribution in [0.5, 0.6) is 0 Å². The van der Waals surface area contributed by atoms with E-state index in [0.717, 1.165) is 32.1 Å². The highest BCUT2D eigenvalue weighted by molar-refractivity contribution is 5.69. The van der Waals surface area contributed by atoms with Gasteiger partial charge in [-0.05, 0) is 130 Å². The van der Waals surface area contributed by atoms with Crippen LogP contribution in [-0.4, -0.2) is 24.6 Å². The molecule has 5 rings (SSSR count). The molecule has 0 aliphatic heterocycles. The number of hydrogen-bond acceptors (Lipinski definition) is 4. The lowest BCUT2D eigenvalue weighted by atomic mass is 9.32. The van der Waals surface area contributed by atoms with E-state index in [4.69, 9.17) is 9.47 Å². The second kappa shape index (κ2) is 16.0. The number of hydrogen-bond donors (Lipinski definition) is 0. The number of unbranched alkanes of at least 4 members (excludes halogenated alkanes) is 8. The maximum absolute atomic E-state index is 13.1. The lowest BCUT2D eigenvalue weighted by Gasteiger charge is -2.73. The van der Waals surface area contributed by atoms with E-state index in [-0.39, 0.29) is 45.1 Å². The van der Waals surface area contributed by atoms with Gasteiger partial charge in [0.1, 0.15) is 6.10 Å². The molecule has 10 atom stereocenters. The highest BCUT2D eigenvalue weighted by Crippen LogP contribution is 2.77. The average molecular weight is 695 g/mol. The van der Waals surface area contributed by atoms with E-state index in [1.165, 1.54) is 102 Å². The Kier molecular flexibility index (Phi) is 12.7. The number of carbonyl (C=O) groups is 2. The van der Waals surface area contributed by atoms with Crippen LogP contribution in [0.25, 0.3) is 0 Å². The lowest BCUT2D eigenvalue weighted by molar-refractivity contribution is -0.252. The third-order valence-electron chi connectivity index (χ3n) is 16.9. The molecule has 4 nitrogen and oxygen atoms in total. The summed E-state index contributed by atoms with van der Waals surface area (Å²) in [5, 5.41) is 0. The molecule has 0 unspecified atom stereocenters. The Morgan fingerprint density at radius 3 is 1.94 bits per heavy atom. The topological polar surface area (TPSA) is 52.6 Å². The number of fused-ring (bicyclic) bond motifs is 7. The summed E-state index contributed by atoms with van der Waals surface area (Å²) < 4.78 is 12.6. The van der Waals surface area contributed by atoms with Crippen LogP contribution >= 0.6 is 0 Å². The molecule has 0 amide bonds. The van der Waals surface area contributed by atoms with Gasteiger partial charge in [0.25, 0.3) is 0 Å². The van der Waals surface area contributed by atoms with E-state index >= 15 is 0 Å². The van der Waals surface area contributed by atoms with Crippen LogP contribution in [0.2, 0.25) is 0 Å². The first-order valence-electron chi connectivity index (χ1n) is 21.7. The van der Waals surface area contributed by atoms with Gasteiger partial charge in [0, 0.05) is 23.7 Å². The van der Waals surface area contributed by atoms with Crippen molar-refractivity contribution in [1.82, 2.24) is 0 Å². The van der Waals surface area contributed by atoms with Crippen molar-refractivity contribution in [2.75, 3.05) is 6.61 Å². The summed E-state index contributed by atoms with van der Waals surface area (Å²) in [5.74, 6) is 3.07. The monoisotopic (exact) mass is 695 g/mol. The summed E-state index contributed by atoms with van der Waals surface area (Å²) >= 11 is 0. The highest BCUT2D eigenvalue weighted by atomic mass is 16.5. The van der Waals surface area contributed by atoms with E-state index in [1.807, 2.05) is 0 Å². The van der Waals surface area contributed by atoms with Crippen LogP contribution in [0, 0.1) is 56.7 Å². The molecule has 4 heteroatoms. The normalized spacial score (nSPS) is 40.2. The molecule has 5 fully saturated rings. The Hall–Kier alpha value is -1.32. The fraction of sp³-hybridized carbons (Fsp3) is 0.913. The van der Waals surface area contributed by atoms with Crippen LogP contribution in [0.3, 0.4) is 0 Å². The molecule has 5 saturated carbocycles. The minimum Gasteiger partial charge on any atom is -0.465 e. The summed E-state index contributed by atoms with van der Waals surface area (Å²) in [4.78, 5) is 26.1. The summed E-state index contributed by atoms with van der Waals surface area (Å²) in [7, 11) is 0. The Labute approximate surface area is 308 Å². The predicted octanol–water partition coefficient (Wildman–Crippen LogP) is 12.8. The molecule has 286 valence electrons. The van der Waals surface area contributed by atoms with Gasteiger partial charge in [-0.3, -0.25) is 9.59 Å². The van der Waals surface area contributed by atoms with Crippen molar-refractivity contribution in [2.24, 2.45) is 56.7 Å². The largest absolute Gasteiger partial charge is 0.465 e. The van der Waals surface area contributed by atoms with Gasteiger partial charge in [-0.2, -0.15) is 0 Å². The molecule has 0 radical (unpaired) electrons. The maximum Gasteiger partial charge on any atom is 0.306 e. The Morgan fingerprint density at radius 1 is 0.660 bits per heavy atom. The molecule has 0 spiro atoms. The average Bonchev–Trinajstić information content (AvgIpc) is 3.45. The quantitative estimate of drug-likeness (QED) is 0.0917. The molecule has 5 aliphatic carbocycles. The van der Waals surface area contributed by atoms with Crippen molar-refractivity contribution in [2.45, 2.75) is 203 Å². The van der Waals surface area contributed by atoms with Crippen LogP contribution in [0.1, 0.15) is 197 Å². The zero-order valence-electron chi connectivity index (χ0n) is 34.1. The van der Waals surface area contributed by atoms with Gasteiger partial charge in [0.2, 0.25) is 0 Å². The Morgan fingerprint density at radius 2 is 1.30 bits per heavy atom. The van der Waals surface area contributed by atoms with Crippen LogP contribution < -0.4 is 0 Å². The third-order valence-corrected chi connectivity index (χ3v) is 16.9. The summed E-state index contributed by atoms with van der Waals surface area (Å²) in [6.45, 7) is 24.9. The molecule has 0 N–H and O–H groups in total. The number of rotatable bonds is 16. The molecule has 0 aromatic carbocycles. The van der Waals surface area contributed by atoms with Gasteiger partial charge in [0.05, 0.1) is 6.61 Å². The first-order chi connectivity index (χ1) is 23.7. The van der Waals surface area contributed by atoms with Crippen molar-refractivity contribution in [3.05, 3.63) is 12.2 Å². The van der Waals surface area contributed by atoms with Crippen molar-refractivity contribution in [1.29, 1.82) is 0 Å². The predicted molar refractivity (Wildman–Crippen MR) is 207 cm³/mol. The van der Waals surface area contributed by atoms with Crippen LogP contribution in [-0.2, 0) is 19.1 Å². The fourth-order valence-electron chi connectivity index (χ4n) is 14.0. The van der Waals surface area contributed by atoms with E-state index in [0.29, 0.717) is 49.0 Å². The van der Waals surface area contributed by atoms with Gasteiger partial charge >= 0.3 is 11.9 Å². The highest BCUT2D eigenvalue weighted by Gasteiger charge is 2.71. The SMILES string of the molecule is C=C(C)[C@@H]1CC[C@]2(COC(=O)CCCCCCC)CC[C@]3(C)[C@H](CC[C@@H]4[C@@]5(C)CC[C@H](OC(=O)CCCCCCC)C(C)(C)[C@@H]5CC[C@]43C)[C@@H]12.